The van der Waals surface area contributed by atoms with Gasteiger partial charge in [0.05, 0.1) is 10.5 Å². The van der Waals surface area contributed by atoms with E-state index in [1.165, 1.54) is 38.1 Å². The van der Waals surface area contributed by atoms with Crippen LogP contribution in [0.2, 0.25) is 0 Å². The second kappa shape index (κ2) is 5.76. The van der Waals surface area contributed by atoms with E-state index >= 15 is 0 Å². The van der Waals surface area contributed by atoms with Crippen LogP contribution in [-0.2, 0) is 14.3 Å². The summed E-state index contributed by atoms with van der Waals surface area (Å²) >= 11 is 0. The SMILES string of the molecule is CC(=O)OC(C)OC(=O)c1ccc([N+](=O)[O-])cc1. The zero-order valence-corrected chi connectivity index (χ0v) is 9.78. The van der Waals surface area contributed by atoms with Crippen LogP contribution in [0.15, 0.2) is 24.3 Å². The van der Waals surface area contributed by atoms with Crippen molar-refractivity contribution in [3.05, 3.63) is 39.9 Å². The summed E-state index contributed by atoms with van der Waals surface area (Å²) in [7, 11) is 0. The highest BCUT2D eigenvalue weighted by atomic mass is 16.7. The lowest BCUT2D eigenvalue weighted by molar-refractivity contribution is -0.384. The monoisotopic (exact) mass is 253 g/mol. The number of nitro benzene ring substituents is 1. The second-order valence-electron chi connectivity index (χ2n) is 3.39. The zero-order chi connectivity index (χ0) is 13.7. The molecule has 1 aromatic carbocycles. The highest BCUT2D eigenvalue weighted by Crippen LogP contribution is 2.13. The van der Waals surface area contributed by atoms with Crippen molar-refractivity contribution in [3.8, 4) is 0 Å². The fourth-order valence-electron chi connectivity index (χ4n) is 1.20. The summed E-state index contributed by atoms with van der Waals surface area (Å²) < 4.78 is 9.41. The van der Waals surface area contributed by atoms with E-state index in [-0.39, 0.29) is 11.3 Å². The van der Waals surface area contributed by atoms with Crippen molar-refractivity contribution in [2.24, 2.45) is 0 Å². The van der Waals surface area contributed by atoms with Gasteiger partial charge in [0, 0.05) is 26.0 Å². The third kappa shape index (κ3) is 3.85. The van der Waals surface area contributed by atoms with Gasteiger partial charge in [0.1, 0.15) is 0 Å². The fraction of sp³-hybridized carbons (Fsp3) is 0.273. The first-order valence-corrected chi connectivity index (χ1v) is 5.03. The molecular formula is C11H11NO6. The molecule has 1 rings (SSSR count). The molecule has 0 spiro atoms. The summed E-state index contributed by atoms with van der Waals surface area (Å²) in [6, 6.07) is 4.90. The maximum atomic E-state index is 11.5. The van der Waals surface area contributed by atoms with Crippen molar-refractivity contribution in [1.29, 1.82) is 0 Å². The summed E-state index contributed by atoms with van der Waals surface area (Å²) in [5, 5.41) is 10.4. The molecule has 7 nitrogen and oxygen atoms in total. The number of esters is 2. The van der Waals surface area contributed by atoms with Crippen LogP contribution in [0, 0.1) is 10.1 Å². The predicted octanol–water partition coefficient (Wildman–Crippen LogP) is 1.66. The Balaban J connectivity index is 2.67. The predicted molar refractivity (Wildman–Crippen MR) is 59.7 cm³/mol. The number of nitrogens with zero attached hydrogens (tertiary/aromatic N) is 1. The first kappa shape index (κ1) is 13.6. The zero-order valence-electron chi connectivity index (χ0n) is 9.78. The van der Waals surface area contributed by atoms with Gasteiger partial charge < -0.3 is 9.47 Å². The molecular weight excluding hydrogens is 242 g/mol. The molecule has 0 heterocycles. The summed E-state index contributed by atoms with van der Waals surface area (Å²) in [5.41, 5.74) is 0.0131. The van der Waals surface area contributed by atoms with E-state index in [2.05, 4.69) is 4.74 Å². The van der Waals surface area contributed by atoms with Crippen LogP contribution in [0.3, 0.4) is 0 Å². The lowest BCUT2D eigenvalue weighted by Gasteiger charge is -2.12. The molecule has 0 radical (unpaired) electrons. The lowest BCUT2D eigenvalue weighted by atomic mass is 10.2. The minimum absolute atomic E-state index is 0.125. The summed E-state index contributed by atoms with van der Waals surface area (Å²) in [6.45, 7) is 2.58. The van der Waals surface area contributed by atoms with E-state index in [0.29, 0.717) is 0 Å². The number of carbonyl (C=O) groups excluding carboxylic acids is 2. The van der Waals surface area contributed by atoms with E-state index in [9.17, 15) is 19.7 Å². The molecule has 0 aliphatic carbocycles. The quantitative estimate of drug-likeness (QED) is 0.350. The van der Waals surface area contributed by atoms with Crippen LogP contribution in [0.1, 0.15) is 24.2 Å². The highest BCUT2D eigenvalue weighted by Gasteiger charge is 2.15. The average Bonchev–Trinajstić information content (AvgIpc) is 2.27. The van der Waals surface area contributed by atoms with E-state index in [1.807, 2.05) is 0 Å². The molecule has 0 aliphatic heterocycles. The third-order valence-corrected chi connectivity index (χ3v) is 1.92. The van der Waals surface area contributed by atoms with E-state index in [0.717, 1.165) is 0 Å². The van der Waals surface area contributed by atoms with Gasteiger partial charge in [-0.05, 0) is 12.1 Å². The Hall–Kier alpha value is -2.44. The molecule has 0 saturated heterocycles. The molecule has 96 valence electrons. The Bertz CT molecular complexity index is 467. The van der Waals surface area contributed by atoms with Gasteiger partial charge in [-0.1, -0.05) is 0 Å². The molecule has 1 unspecified atom stereocenters. The standard InChI is InChI=1S/C11H11NO6/c1-7(13)17-8(2)18-11(14)9-3-5-10(6-4-9)12(15)16/h3-6,8H,1-2H3. The van der Waals surface area contributed by atoms with E-state index < -0.39 is 23.2 Å². The Kier molecular flexibility index (Phi) is 4.36. The van der Waals surface area contributed by atoms with Crippen molar-refractivity contribution in [2.75, 3.05) is 0 Å². The molecule has 0 fully saturated rings. The number of ether oxygens (including phenoxy) is 2. The average molecular weight is 253 g/mol. The number of hydrogen-bond acceptors (Lipinski definition) is 6. The maximum absolute atomic E-state index is 11.5. The molecule has 18 heavy (non-hydrogen) atoms. The van der Waals surface area contributed by atoms with Crippen molar-refractivity contribution >= 4 is 17.6 Å². The van der Waals surface area contributed by atoms with Gasteiger partial charge in [0.2, 0.25) is 6.29 Å². The van der Waals surface area contributed by atoms with Crippen LogP contribution in [-0.4, -0.2) is 23.2 Å². The van der Waals surface area contributed by atoms with Crippen molar-refractivity contribution in [1.82, 2.24) is 0 Å². The van der Waals surface area contributed by atoms with Crippen LogP contribution >= 0.6 is 0 Å². The van der Waals surface area contributed by atoms with Crippen LogP contribution in [0.4, 0.5) is 5.69 Å². The molecule has 1 atom stereocenters. The van der Waals surface area contributed by atoms with Gasteiger partial charge in [-0.3, -0.25) is 14.9 Å². The van der Waals surface area contributed by atoms with Gasteiger partial charge in [0.15, 0.2) is 0 Å². The highest BCUT2D eigenvalue weighted by molar-refractivity contribution is 5.89. The molecule has 7 heteroatoms. The van der Waals surface area contributed by atoms with Crippen molar-refractivity contribution < 1.29 is 24.0 Å². The lowest BCUT2D eigenvalue weighted by Crippen LogP contribution is -2.20. The largest absolute Gasteiger partial charge is 0.426 e. The van der Waals surface area contributed by atoms with Crippen molar-refractivity contribution in [3.63, 3.8) is 0 Å². The first-order valence-electron chi connectivity index (χ1n) is 5.03. The van der Waals surface area contributed by atoms with Crippen LogP contribution in [0.25, 0.3) is 0 Å². The maximum Gasteiger partial charge on any atom is 0.341 e. The second-order valence-corrected chi connectivity index (χ2v) is 3.39. The summed E-state index contributed by atoms with van der Waals surface area (Å²) in [4.78, 5) is 32.0. The normalized spacial score (nSPS) is 11.4. The van der Waals surface area contributed by atoms with Gasteiger partial charge in [0.25, 0.3) is 5.69 Å². The van der Waals surface area contributed by atoms with Crippen LogP contribution < -0.4 is 0 Å². The molecule has 0 amide bonds. The number of rotatable bonds is 4. The Morgan fingerprint density at radius 1 is 1.22 bits per heavy atom. The Morgan fingerprint density at radius 3 is 2.22 bits per heavy atom. The van der Waals surface area contributed by atoms with E-state index in [1.54, 1.807) is 0 Å². The van der Waals surface area contributed by atoms with Gasteiger partial charge in [-0.15, -0.1) is 0 Å². The first-order chi connectivity index (χ1) is 8.40. The summed E-state index contributed by atoms with van der Waals surface area (Å²) in [5.74, 6) is -1.29. The third-order valence-electron chi connectivity index (χ3n) is 1.92. The molecule has 0 bridgehead atoms. The van der Waals surface area contributed by atoms with Crippen molar-refractivity contribution in [2.45, 2.75) is 20.1 Å². The summed E-state index contributed by atoms with van der Waals surface area (Å²) in [6.07, 6.45) is -1.01. The number of nitro groups is 1. The van der Waals surface area contributed by atoms with Gasteiger partial charge in [-0.25, -0.2) is 4.79 Å². The Labute approximate surface area is 102 Å². The molecule has 0 aliphatic rings. The Morgan fingerprint density at radius 2 is 1.78 bits per heavy atom. The minimum Gasteiger partial charge on any atom is -0.426 e. The smallest absolute Gasteiger partial charge is 0.341 e. The topological polar surface area (TPSA) is 95.7 Å². The van der Waals surface area contributed by atoms with Gasteiger partial charge in [-0.2, -0.15) is 0 Å². The minimum atomic E-state index is -1.01. The number of non-ortho nitro benzene ring substituents is 1. The molecule has 1 aromatic rings. The van der Waals surface area contributed by atoms with Gasteiger partial charge >= 0.3 is 11.9 Å². The number of hydrogen-bond donors (Lipinski definition) is 0. The molecule has 0 saturated carbocycles. The number of carbonyl (C=O) groups is 2. The van der Waals surface area contributed by atoms with Crippen LogP contribution in [0.5, 0.6) is 0 Å². The fourth-order valence-corrected chi connectivity index (χ4v) is 1.20. The molecule has 0 N–H and O–H groups in total. The molecule has 0 aromatic heterocycles. The van der Waals surface area contributed by atoms with E-state index in [4.69, 9.17) is 4.74 Å². The number of benzene rings is 1.